The minimum atomic E-state index is -0.953. The zero-order chi connectivity index (χ0) is 19.0. The van der Waals surface area contributed by atoms with Crippen LogP contribution in [0.15, 0.2) is 18.2 Å². The van der Waals surface area contributed by atoms with Crippen molar-refractivity contribution in [2.45, 2.75) is 45.3 Å². The van der Waals surface area contributed by atoms with Gasteiger partial charge in [-0.05, 0) is 38.3 Å². The molecule has 0 saturated heterocycles. The number of aromatic amines is 1. The van der Waals surface area contributed by atoms with Gasteiger partial charge >= 0.3 is 5.97 Å². The van der Waals surface area contributed by atoms with E-state index in [9.17, 15) is 9.90 Å². The summed E-state index contributed by atoms with van der Waals surface area (Å²) in [5.41, 5.74) is 3.95. The third kappa shape index (κ3) is 3.28. The van der Waals surface area contributed by atoms with Gasteiger partial charge in [-0.2, -0.15) is 5.10 Å². The predicted molar refractivity (Wildman–Crippen MR) is 100 cm³/mol. The molecule has 27 heavy (non-hydrogen) atoms. The van der Waals surface area contributed by atoms with Crippen LogP contribution in [0.25, 0.3) is 11.0 Å². The fourth-order valence-electron chi connectivity index (χ4n) is 3.79. The Morgan fingerprint density at radius 2 is 2.33 bits per heavy atom. The van der Waals surface area contributed by atoms with Gasteiger partial charge in [0.2, 0.25) is 0 Å². The van der Waals surface area contributed by atoms with Crippen LogP contribution >= 0.6 is 0 Å². The molecule has 0 spiro atoms. The number of fused-ring (bicyclic) bond motifs is 2. The van der Waals surface area contributed by atoms with E-state index in [1.54, 1.807) is 7.11 Å². The first-order valence-electron chi connectivity index (χ1n) is 9.17. The van der Waals surface area contributed by atoms with E-state index in [1.807, 2.05) is 29.8 Å². The molecule has 0 bridgehead atoms. The normalized spacial score (nSPS) is 16.4. The molecule has 3 aromatic rings. The molecule has 2 heterocycles. The fourth-order valence-corrected chi connectivity index (χ4v) is 3.79. The number of benzene rings is 1. The van der Waals surface area contributed by atoms with E-state index < -0.39 is 5.97 Å². The number of aromatic carboxylic acids is 1. The fraction of sp³-hybridized carbons (Fsp3) is 0.421. The van der Waals surface area contributed by atoms with Crippen molar-refractivity contribution in [3.8, 4) is 5.75 Å². The summed E-state index contributed by atoms with van der Waals surface area (Å²) in [5, 5.41) is 17.2. The van der Waals surface area contributed by atoms with E-state index in [1.165, 1.54) is 0 Å². The number of hydrogen-bond acceptors (Lipinski definition) is 5. The molecule has 142 valence electrons. The summed E-state index contributed by atoms with van der Waals surface area (Å²) in [4.78, 5) is 19.4. The Bertz CT molecular complexity index is 991. The van der Waals surface area contributed by atoms with Crippen LogP contribution in [-0.2, 0) is 25.9 Å². The molecular formula is C19H23N5O3. The zero-order valence-electron chi connectivity index (χ0n) is 15.5. The number of aryl methyl sites for hydroxylation is 1. The van der Waals surface area contributed by atoms with Gasteiger partial charge in [-0.1, -0.05) is 0 Å². The molecule has 0 radical (unpaired) electrons. The molecule has 1 aliphatic rings. The van der Waals surface area contributed by atoms with Crippen LogP contribution in [0.3, 0.4) is 0 Å². The quantitative estimate of drug-likeness (QED) is 0.615. The van der Waals surface area contributed by atoms with Crippen molar-refractivity contribution in [1.29, 1.82) is 0 Å². The van der Waals surface area contributed by atoms with Crippen LogP contribution in [-0.4, -0.2) is 44.0 Å². The van der Waals surface area contributed by atoms with Gasteiger partial charge < -0.3 is 20.1 Å². The van der Waals surface area contributed by atoms with Crippen LogP contribution in [0.4, 0.5) is 0 Å². The highest BCUT2D eigenvalue weighted by molar-refractivity contribution is 5.87. The van der Waals surface area contributed by atoms with Gasteiger partial charge in [0.05, 0.1) is 24.7 Å². The third-order valence-electron chi connectivity index (χ3n) is 5.14. The average Bonchev–Trinajstić information content (AvgIpc) is 3.26. The van der Waals surface area contributed by atoms with E-state index >= 15 is 0 Å². The topological polar surface area (TPSA) is 105 Å². The van der Waals surface area contributed by atoms with E-state index in [-0.39, 0.29) is 11.7 Å². The first-order chi connectivity index (χ1) is 13.1. The molecule has 2 aromatic heterocycles. The molecule has 1 aromatic carbocycles. The van der Waals surface area contributed by atoms with Crippen molar-refractivity contribution in [1.82, 2.24) is 25.1 Å². The number of H-pyrrole nitrogens is 1. The summed E-state index contributed by atoms with van der Waals surface area (Å²) < 4.78 is 7.06. The van der Waals surface area contributed by atoms with Crippen molar-refractivity contribution in [3.63, 3.8) is 0 Å². The Morgan fingerprint density at radius 3 is 3.07 bits per heavy atom. The highest BCUT2D eigenvalue weighted by Crippen LogP contribution is 2.25. The molecule has 0 amide bonds. The monoisotopic (exact) mass is 369 g/mol. The van der Waals surface area contributed by atoms with Gasteiger partial charge in [0.1, 0.15) is 11.6 Å². The number of ether oxygens (including phenoxy) is 1. The molecule has 8 nitrogen and oxygen atoms in total. The molecule has 3 N–H and O–H groups in total. The smallest absolute Gasteiger partial charge is 0.356 e. The van der Waals surface area contributed by atoms with Gasteiger partial charge in [-0.25, -0.2) is 9.78 Å². The Hall–Kier alpha value is -2.87. The first-order valence-corrected chi connectivity index (χ1v) is 9.17. The summed E-state index contributed by atoms with van der Waals surface area (Å²) in [6, 6.07) is 5.95. The second-order valence-corrected chi connectivity index (χ2v) is 6.78. The molecule has 4 rings (SSSR count). The van der Waals surface area contributed by atoms with Crippen molar-refractivity contribution < 1.29 is 14.6 Å². The second-order valence-electron chi connectivity index (χ2n) is 6.78. The second kappa shape index (κ2) is 7.03. The van der Waals surface area contributed by atoms with Crippen LogP contribution < -0.4 is 10.1 Å². The number of nitrogens with zero attached hydrogens (tertiary/aromatic N) is 3. The predicted octanol–water partition coefficient (Wildman–Crippen LogP) is 2.13. The van der Waals surface area contributed by atoms with Crippen LogP contribution in [0.2, 0.25) is 0 Å². The number of imidazole rings is 1. The average molecular weight is 369 g/mol. The van der Waals surface area contributed by atoms with Crippen LogP contribution in [0.5, 0.6) is 5.75 Å². The first kappa shape index (κ1) is 17.5. The Morgan fingerprint density at radius 1 is 1.48 bits per heavy atom. The Labute approximate surface area is 156 Å². The van der Waals surface area contributed by atoms with Crippen molar-refractivity contribution >= 4 is 17.0 Å². The third-order valence-corrected chi connectivity index (χ3v) is 5.14. The molecule has 8 heteroatoms. The minimum absolute atomic E-state index is 0.189. The molecule has 0 saturated carbocycles. The van der Waals surface area contributed by atoms with Crippen molar-refractivity contribution in [2.75, 3.05) is 7.11 Å². The maximum absolute atomic E-state index is 11.5. The van der Waals surface area contributed by atoms with Gasteiger partial charge in [-0.3, -0.25) is 4.68 Å². The van der Waals surface area contributed by atoms with Crippen LogP contribution in [0.1, 0.15) is 40.9 Å². The number of nitrogens with one attached hydrogen (secondary N) is 2. The lowest BCUT2D eigenvalue weighted by Crippen LogP contribution is -2.35. The van der Waals surface area contributed by atoms with Crippen molar-refractivity contribution in [3.05, 3.63) is 41.0 Å². The summed E-state index contributed by atoms with van der Waals surface area (Å²) in [5.74, 6) is 0.691. The van der Waals surface area contributed by atoms with Gasteiger partial charge in [0.25, 0.3) is 0 Å². The molecular weight excluding hydrogens is 346 g/mol. The standard InChI is InChI=1S/C19H23N5O3/c1-3-24-16-7-4-11(8-13(16)18(23-24)19(25)26)20-10-17-21-14-6-5-12(27-2)9-15(14)22-17/h5-6,9,11,20H,3-4,7-8,10H2,1-2H3,(H,21,22)(H,25,26). The summed E-state index contributed by atoms with van der Waals surface area (Å²) in [7, 11) is 1.64. The number of rotatable bonds is 6. The number of aromatic nitrogens is 4. The lowest BCUT2D eigenvalue weighted by atomic mass is 9.91. The summed E-state index contributed by atoms with van der Waals surface area (Å²) in [6.45, 7) is 3.28. The maximum Gasteiger partial charge on any atom is 0.356 e. The number of carboxylic acid groups (broad SMARTS) is 1. The zero-order valence-corrected chi connectivity index (χ0v) is 15.5. The Balaban J connectivity index is 1.47. The van der Waals surface area contributed by atoms with Gasteiger partial charge in [0.15, 0.2) is 5.69 Å². The van der Waals surface area contributed by atoms with Crippen LogP contribution in [0, 0.1) is 0 Å². The number of carboxylic acids is 1. The number of carbonyl (C=O) groups is 1. The van der Waals surface area contributed by atoms with Gasteiger partial charge in [-0.15, -0.1) is 0 Å². The molecule has 1 atom stereocenters. The Kier molecular flexibility index (Phi) is 4.57. The maximum atomic E-state index is 11.5. The van der Waals surface area contributed by atoms with E-state index in [0.717, 1.165) is 46.7 Å². The van der Waals surface area contributed by atoms with Crippen molar-refractivity contribution in [2.24, 2.45) is 0 Å². The molecule has 1 unspecified atom stereocenters. The van der Waals surface area contributed by atoms with E-state index in [0.29, 0.717) is 19.5 Å². The molecule has 0 aliphatic heterocycles. The highest BCUT2D eigenvalue weighted by Gasteiger charge is 2.28. The number of hydrogen-bond donors (Lipinski definition) is 3. The summed E-state index contributed by atoms with van der Waals surface area (Å²) >= 11 is 0. The minimum Gasteiger partial charge on any atom is -0.497 e. The summed E-state index contributed by atoms with van der Waals surface area (Å²) in [6.07, 6.45) is 2.45. The van der Waals surface area contributed by atoms with Gasteiger partial charge in [0, 0.05) is 29.9 Å². The molecule has 1 aliphatic carbocycles. The lowest BCUT2D eigenvalue weighted by molar-refractivity contribution is 0.0688. The van der Waals surface area contributed by atoms with E-state index in [2.05, 4.69) is 20.4 Å². The highest BCUT2D eigenvalue weighted by atomic mass is 16.5. The number of methoxy groups -OCH3 is 1. The lowest BCUT2D eigenvalue weighted by Gasteiger charge is -2.24. The molecule has 0 fully saturated rings. The largest absolute Gasteiger partial charge is 0.497 e. The SMILES string of the molecule is CCn1nc(C(=O)O)c2c1CCC(NCc1nc3ccc(OC)cc3[nH]1)C2. The van der Waals surface area contributed by atoms with E-state index in [4.69, 9.17) is 4.74 Å².